The zero-order chi connectivity index (χ0) is 23.0. The lowest BCUT2D eigenvalue weighted by Gasteiger charge is -2.26. The van der Waals surface area contributed by atoms with Gasteiger partial charge in [-0.15, -0.1) is 0 Å². The summed E-state index contributed by atoms with van der Waals surface area (Å²) in [5.41, 5.74) is 3.20. The normalized spacial score (nSPS) is 15.1. The van der Waals surface area contributed by atoms with Gasteiger partial charge in [-0.25, -0.2) is 13.4 Å². The molecule has 1 N–H and O–H groups in total. The fourth-order valence-electron chi connectivity index (χ4n) is 3.74. The minimum atomic E-state index is -3.57. The molecule has 0 saturated carbocycles. The molecule has 1 saturated heterocycles. The van der Waals surface area contributed by atoms with Crippen molar-refractivity contribution in [2.75, 3.05) is 31.6 Å². The molecular formula is C23H22N4O4S2. The van der Waals surface area contributed by atoms with E-state index in [1.807, 2.05) is 47.9 Å². The van der Waals surface area contributed by atoms with Crippen LogP contribution in [0.4, 0.5) is 5.69 Å². The van der Waals surface area contributed by atoms with E-state index in [2.05, 4.69) is 10.3 Å². The van der Waals surface area contributed by atoms with Crippen LogP contribution in [0.25, 0.3) is 16.2 Å². The summed E-state index contributed by atoms with van der Waals surface area (Å²) in [4.78, 5) is 19.1. The minimum absolute atomic E-state index is 0.196. The molecule has 10 heteroatoms. The number of carbonyl (C=O) groups excluding carboxylic acids is 1. The van der Waals surface area contributed by atoms with Crippen LogP contribution < -0.4 is 5.32 Å². The molecule has 0 radical (unpaired) electrons. The van der Waals surface area contributed by atoms with Crippen LogP contribution >= 0.6 is 11.3 Å². The van der Waals surface area contributed by atoms with Crippen molar-refractivity contribution in [2.45, 2.75) is 11.8 Å². The van der Waals surface area contributed by atoms with Gasteiger partial charge >= 0.3 is 0 Å². The average Bonchev–Trinajstić information content (AvgIpc) is 3.40. The molecule has 1 fully saturated rings. The maximum absolute atomic E-state index is 12.9. The summed E-state index contributed by atoms with van der Waals surface area (Å²) in [7, 11) is -3.57. The van der Waals surface area contributed by atoms with Crippen molar-refractivity contribution in [1.29, 1.82) is 0 Å². The van der Waals surface area contributed by atoms with Crippen LogP contribution in [0.1, 0.15) is 15.4 Å². The number of hydrogen-bond donors (Lipinski definition) is 1. The third-order valence-corrected chi connectivity index (χ3v) is 8.62. The number of fused-ring (bicyclic) bond motifs is 1. The van der Waals surface area contributed by atoms with Gasteiger partial charge in [-0.05, 0) is 31.2 Å². The first kappa shape index (κ1) is 21.8. The van der Waals surface area contributed by atoms with E-state index in [1.165, 1.54) is 27.8 Å². The van der Waals surface area contributed by atoms with Gasteiger partial charge in [0.1, 0.15) is 4.88 Å². The lowest BCUT2D eigenvalue weighted by Crippen LogP contribution is -2.40. The largest absolute Gasteiger partial charge is 0.379 e. The average molecular weight is 483 g/mol. The van der Waals surface area contributed by atoms with Gasteiger partial charge in [-0.2, -0.15) is 4.31 Å². The fraction of sp³-hybridized carbons (Fsp3) is 0.217. The highest BCUT2D eigenvalue weighted by molar-refractivity contribution is 7.89. The van der Waals surface area contributed by atoms with Crippen LogP contribution in [-0.4, -0.2) is 54.3 Å². The Morgan fingerprint density at radius 2 is 1.76 bits per heavy atom. The van der Waals surface area contributed by atoms with Crippen LogP contribution in [0.5, 0.6) is 0 Å². The molecule has 3 heterocycles. The van der Waals surface area contributed by atoms with Gasteiger partial charge in [0, 0.05) is 36.2 Å². The van der Waals surface area contributed by atoms with Crippen LogP contribution in [0.2, 0.25) is 0 Å². The standard InChI is InChI=1S/C23H22N4O4S2/c1-16-21(32-23-25-20(15-27(16)23)17-5-3-2-4-6-17)22(28)24-18-7-9-19(10-8-18)33(29,30)26-11-13-31-14-12-26/h2-10,15H,11-14H2,1H3,(H,24,28). The second kappa shape index (κ2) is 8.71. The van der Waals surface area contributed by atoms with E-state index >= 15 is 0 Å². The van der Waals surface area contributed by atoms with Crippen LogP contribution in [-0.2, 0) is 14.8 Å². The molecule has 0 unspecified atom stereocenters. The maximum Gasteiger partial charge on any atom is 0.267 e. The molecule has 0 atom stereocenters. The van der Waals surface area contributed by atoms with Crippen LogP contribution in [0, 0.1) is 6.92 Å². The molecule has 2 aromatic carbocycles. The van der Waals surface area contributed by atoms with E-state index in [0.717, 1.165) is 21.9 Å². The van der Waals surface area contributed by atoms with Gasteiger partial charge in [0.25, 0.3) is 5.91 Å². The number of nitrogens with one attached hydrogen (secondary N) is 1. The molecule has 2 aromatic heterocycles. The minimum Gasteiger partial charge on any atom is -0.379 e. The number of imidazole rings is 1. The highest BCUT2D eigenvalue weighted by Gasteiger charge is 2.26. The molecule has 1 aliphatic heterocycles. The highest BCUT2D eigenvalue weighted by atomic mass is 32.2. The van der Waals surface area contributed by atoms with Gasteiger partial charge in [0.2, 0.25) is 10.0 Å². The molecule has 8 nitrogen and oxygen atoms in total. The van der Waals surface area contributed by atoms with E-state index in [0.29, 0.717) is 36.9 Å². The number of ether oxygens (including phenoxy) is 1. The topological polar surface area (TPSA) is 93.0 Å². The number of aryl methyl sites for hydroxylation is 1. The van der Waals surface area contributed by atoms with E-state index < -0.39 is 10.0 Å². The van der Waals surface area contributed by atoms with Crippen LogP contribution in [0.3, 0.4) is 0 Å². The lowest BCUT2D eigenvalue weighted by molar-refractivity contribution is 0.0730. The Labute approximate surface area is 195 Å². The summed E-state index contributed by atoms with van der Waals surface area (Å²) in [6.45, 7) is 3.35. The van der Waals surface area contributed by atoms with Gasteiger partial charge < -0.3 is 10.1 Å². The molecule has 0 spiro atoms. The third kappa shape index (κ3) is 4.18. The van der Waals surface area contributed by atoms with Crippen molar-refractivity contribution < 1.29 is 17.9 Å². The quantitative estimate of drug-likeness (QED) is 0.469. The van der Waals surface area contributed by atoms with Crippen molar-refractivity contribution in [3.8, 4) is 11.3 Å². The number of carbonyl (C=O) groups is 1. The number of rotatable bonds is 5. The van der Waals surface area contributed by atoms with Gasteiger partial charge in [0.05, 0.1) is 23.8 Å². The number of thiazole rings is 1. The molecule has 170 valence electrons. The monoisotopic (exact) mass is 482 g/mol. The Kier molecular flexibility index (Phi) is 5.75. The summed E-state index contributed by atoms with van der Waals surface area (Å²) < 4.78 is 34.1. The number of sulfonamides is 1. The van der Waals surface area contributed by atoms with Crippen molar-refractivity contribution in [3.05, 3.63) is 71.4 Å². The number of hydrogen-bond acceptors (Lipinski definition) is 6. The molecular weight excluding hydrogens is 460 g/mol. The summed E-state index contributed by atoms with van der Waals surface area (Å²) >= 11 is 1.32. The van der Waals surface area contributed by atoms with Crippen molar-refractivity contribution in [2.24, 2.45) is 0 Å². The summed E-state index contributed by atoms with van der Waals surface area (Å²) in [5.74, 6) is -0.256. The zero-order valence-corrected chi connectivity index (χ0v) is 19.5. The molecule has 1 aliphatic rings. The number of aromatic nitrogens is 2. The van der Waals surface area contributed by atoms with E-state index in [1.54, 1.807) is 12.1 Å². The van der Waals surface area contributed by atoms with Crippen molar-refractivity contribution >= 4 is 37.9 Å². The number of benzene rings is 2. The smallest absolute Gasteiger partial charge is 0.267 e. The second-order valence-corrected chi connectivity index (χ2v) is 10.6. The molecule has 0 bridgehead atoms. The Morgan fingerprint density at radius 3 is 2.42 bits per heavy atom. The van der Waals surface area contributed by atoms with E-state index in [4.69, 9.17) is 4.74 Å². The Hall–Kier alpha value is -3.05. The van der Waals surface area contributed by atoms with Crippen molar-refractivity contribution in [3.63, 3.8) is 0 Å². The zero-order valence-electron chi connectivity index (χ0n) is 17.9. The van der Waals surface area contributed by atoms with Gasteiger partial charge in [-0.3, -0.25) is 9.20 Å². The maximum atomic E-state index is 12.9. The fourth-order valence-corrected chi connectivity index (χ4v) is 6.16. The summed E-state index contributed by atoms with van der Waals surface area (Å²) in [6, 6.07) is 16.1. The first-order valence-corrected chi connectivity index (χ1v) is 12.7. The molecule has 4 aromatic rings. The van der Waals surface area contributed by atoms with E-state index in [-0.39, 0.29) is 10.8 Å². The van der Waals surface area contributed by atoms with Gasteiger partial charge in [-0.1, -0.05) is 41.7 Å². The van der Waals surface area contributed by atoms with E-state index in [9.17, 15) is 13.2 Å². The number of nitrogens with zero attached hydrogens (tertiary/aromatic N) is 3. The Bertz CT molecular complexity index is 1400. The summed E-state index contributed by atoms with van der Waals surface area (Å²) in [6.07, 6.45) is 1.93. The second-order valence-electron chi connectivity index (χ2n) is 7.66. The first-order chi connectivity index (χ1) is 15.9. The third-order valence-electron chi connectivity index (χ3n) is 5.55. The SMILES string of the molecule is Cc1c(C(=O)Nc2ccc(S(=O)(=O)N3CCOCC3)cc2)sc2nc(-c3ccccc3)cn12. The Balaban J connectivity index is 1.33. The Morgan fingerprint density at radius 1 is 1.06 bits per heavy atom. The molecule has 33 heavy (non-hydrogen) atoms. The van der Waals surface area contributed by atoms with Crippen molar-refractivity contribution in [1.82, 2.24) is 13.7 Å². The number of amides is 1. The highest BCUT2D eigenvalue weighted by Crippen LogP contribution is 2.28. The van der Waals surface area contributed by atoms with Gasteiger partial charge in [0.15, 0.2) is 4.96 Å². The molecule has 1 amide bonds. The first-order valence-electron chi connectivity index (χ1n) is 10.5. The number of morpholine rings is 1. The summed E-state index contributed by atoms with van der Waals surface area (Å²) in [5, 5.41) is 2.86. The lowest BCUT2D eigenvalue weighted by atomic mass is 10.2. The van der Waals surface area contributed by atoms with Crippen LogP contribution in [0.15, 0.2) is 65.7 Å². The number of anilines is 1. The predicted molar refractivity (Wildman–Crippen MR) is 127 cm³/mol. The molecule has 0 aliphatic carbocycles. The predicted octanol–water partition coefficient (Wildman–Crippen LogP) is 3.64. The molecule has 5 rings (SSSR count).